The first-order valence-corrected chi connectivity index (χ1v) is 2.86. The van der Waals surface area contributed by atoms with Crippen LogP contribution in [0.1, 0.15) is 27.7 Å². The first kappa shape index (κ1) is 8.47. The molecule has 0 aromatic carbocycles. The summed E-state index contributed by atoms with van der Waals surface area (Å²) in [6.45, 7) is 8.90. The molecule has 0 rings (SSSR count). The Balaban J connectivity index is 3.84. The van der Waals surface area contributed by atoms with Gasteiger partial charge in [0.15, 0.2) is 0 Å². The zero-order valence-electron chi connectivity index (χ0n) is 6.32. The lowest BCUT2D eigenvalue weighted by Crippen LogP contribution is -2.28. The van der Waals surface area contributed by atoms with Crippen molar-refractivity contribution in [3.8, 4) is 0 Å². The summed E-state index contributed by atoms with van der Waals surface area (Å²) in [6.07, 6.45) is 0. The van der Waals surface area contributed by atoms with Crippen molar-refractivity contribution in [2.75, 3.05) is 0 Å². The van der Waals surface area contributed by atoms with Crippen molar-refractivity contribution in [1.29, 1.82) is 0 Å². The van der Waals surface area contributed by atoms with Gasteiger partial charge < -0.3 is 4.74 Å². The second-order valence-electron chi connectivity index (χ2n) is 2.70. The Morgan fingerprint density at radius 1 is 1.44 bits per heavy atom. The van der Waals surface area contributed by atoms with Crippen LogP contribution in [0.25, 0.3) is 0 Å². The van der Waals surface area contributed by atoms with Gasteiger partial charge in [-0.1, -0.05) is 13.8 Å². The van der Waals surface area contributed by atoms with Crippen LogP contribution in [0.3, 0.4) is 0 Å². The highest BCUT2D eigenvalue weighted by molar-refractivity contribution is 5.40. The van der Waals surface area contributed by atoms with Crippen LogP contribution in [0.2, 0.25) is 0 Å². The maximum absolute atomic E-state index is 9.76. The third-order valence-electron chi connectivity index (χ3n) is 1.50. The summed E-state index contributed by atoms with van der Waals surface area (Å²) in [5.74, 6) is 1.06. The van der Waals surface area contributed by atoms with Crippen LogP contribution in [0.5, 0.6) is 0 Å². The van der Waals surface area contributed by atoms with E-state index in [-0.39, 0.29) is 0 Å². The van der Waals surface area contributed by atoms with E-state index in [0.717, 1.165) is 5.92 Å². The van der Waals surface area contributed by atoms with Gasteiger partial charge in [-0.2, -0.15) is 0 Å². The summed E-state index contributed by atoms with van der Waals surface area (Å²) in [5, 5.41) is 0. The van der Waals surface area contributed by atoms with Gasteiger partial charge in [-0.3, -0.25) is 0 Å². The second kappa shape index (κ2) is 2.85. The molecule has 9 heavy (non-hydrogen) atoms. The smallest absolute Gasteiger partial charge is 0.418 e. The minimum absolute atomic E-state index is 0.457. The molecule has 0 unspecified atom stereocenters. The molecule has 0 heterocycles. The normalized spacial score (nSPS) is 11.7. The van der Waals surface area contributed by atoms with Crippen molar-refractivity contribution >= 4 is 6.47 Å². The highest BCUT2D eigenvalue weighted by Crippen LogP contribution is 2.20. The second-order valence-corrected chi connectivity index (χ2v) is 2.70. The monoisotopic (exact) mass is 128 g/mol. The Morgan fingerprint density at radius 2 is 1.89 bits per heavy atom. The summed E-state index contributed by atoms with van der Waals surface area (Å²) in [7, 11) is 0. The Labute approximate surface area is 56.2 Å². The van der Waals surface area contributed by atoms with Gasteiger partial charge in [-0.05, 0) is 13.8 Å². The fourth-order valence-corrected chi connectivity index (χ4v) is 0.206. The molecule has 2 radical (unpaired) electrons. The molecular weight excluding hydrogens is 116 g/mol. The standard InChI is InChI=1S/C7H12O2/c1-6(2)7(3,4)9-5-8/h1-4H3. The van der Waals surface area contributed by atoms with Crippen molar-refractivity contribution in [2.24, 2.45) is 0 Å². The molecule has 0 aromatic heterocycles. The number of rotatable bonds is 3. The molecule has 0 bridgehead atoms. The molecule has 0 aliphatic carbocycles. The van der Waals surface area contributed by atoms with Gasteiger partial charge in [0, 0.05) is 5.92 Å². The van der Waals surface area contributed by atoms with Gasteiger partial charge in [-0.15, -0.1) is 0 Å². The first-order chi connectivity index (χ1) is 4.00. The van der Waals surface area contributed by atoms with Crippen LogP contribution >= 0.6 is 0 Å². The van der Waals surface area contributed by atoms with Crippen LogP contribution in [0.15, 0.2) is 0 Å². The largest absolute Gasteiger partial charge is 0.451 e. The summed E-state index contributed by atoms with van der Waals surface area (Å²) in [4.78, 5) is 9.76. The number of hydrogen-bond donors (Lipinski definition) is 0. The minimum Gasteiger partial charge on any atom is -0.451 e. The molecule has 0 N–H and O–H groups in total. The Bertz CT molecular complexity index is 95.1. The summed E-state index contributed by atoms with van der Waals surface area (Å²) < 4.78 is 4.65. The lowest BCUT2D eigenvalue weighted by Gasteiger charge is -2.25. The zero-order chi connectivity index (χ0) is 7.49. The van der Waals surface area contributed by atoms with E-state index in [4.69, 9.17) is 0 Å². The number of hydrogen-bond acceptors (Lipinski definition) is 2. The average Bonchev–Trinajstić information content (AvgIpc) is 1.65. The van der Waals surface area contributed by atoms with Crippen molar-refractivity contribution in [3.63, 3.8) is 0 Å². The zero-order valence-corrected chi connectivity index (χ0v) is 6.32. The minimum atomic E-state index is -0.457. The van der Waals surface area contributed by atoms with Crippen LogP contribution in [0.4, 0.5) is 0 Å². The third kappa shape index (κ3) is 2.49. The lowest BCUT2D eigenvalue weighted by atomic mass is 9.95. The Kier molecular flexibility index (Phi) is 2.68. The van der Waals surface area contributed by atoms with Crippen molar-refractivity contribution < 1.29 is 9.53 Å². The van der Waals surface area contributed by atoms with Gasteiger partial charge in [0.05, 0.1) is 0 Å². The van der Waals surface area contributed by atoms with E-state index in [1.807, 2.05) is 27.7 Å². The third-order valence-corrected chi connectivity index (χ3v) is 1.50. The van der Waals surface area contributed by atoms with E-state index in [1.54, 1.807) is 0 Å². The topological polar surface area (TPSA) is 26.3 Å². The molecule has 0 spiro atoms. The SMILES string of the molecule is C[C](C)C(C)(C)O[C]=O. The molecule has 0 amide bonds. The van der Waals surface area contributed by atoms with E-state index in [9.17, 15) is 4.79 Å². The predicted octanol–water partition coefficient (Wildman–Crippen LogP) is 1.46. The highest BCUT2D eigenvalue weighted by atomic mass is 16.5. The summed E-state index contributed by atoms with van der Waals surface area (Å²) >= 11 is 0. The van der Waals surface area contributed by atoms with Gasteiger partial charge >= 0.3 is 6.47 Å². The molecule has 0 aliphatic rings. The van der Waals surface area contributed by atoms with Gasteiger partial charge in [0.2, 0.25) is 0 Å². The van der Waals surface area contributed by atoms with Crippen molar-refractivity contribution in [2.45, 2.75) is 33.3 Å². The summed E-state index contributed by atoms with van der Waals surface area (Å²) in [5.41, 5.74) is -0.457. The predicted molar refractivity (Wildman–Crippen MR) is 35.4 cm³/mol. The maximum atomic E-state index is 9.76. The van der Waals surface area contributed by atoms with Crippen LogP contribution < -0.4 is 0 Å². The van der Waals surface area contributed by atoms with E-state index in [0.29, 0.717) is 0 Å². The molecule has 2 nitrogen and oxygen atoms in total. The van der Waals surface area contributed by atoms with Crippen molar-refractivity contribution in [1.82, 2.24) is 0 Å². The summed E-state index contributed by atoms with van der Waals surface area (Å²) in [6, 6.07) is 0. The van der Waals surface area contributed by atoms with E-state index in [1.165, 1.54) is 6.47 Å². The molecule has 2 heteroatoms. The lowest BCUT2D eigenvalue weighted by molar-refractivity contribution is 0.104. The molecule has 52 valence electrons. The number of carbonyl (C=O) groups excluding carboxylic acids is 1. The molecule has 0 saturated heterocycles. The molecule has 0 fully saturated rings. The number of ether oxygens (including phenoxy) is 1. The first-order valence-electron chi connectivity index (χ1n) is 2.86. The molecule has 0 aromatic rings. The van der Waals surface area contributed by atoms with Crippen LogP contribution in [0, 0.1) is 5.92 Å². The highest BCUT2D eigenvalue weighted by Gasteiger charge is 2.23. The molecule has 0 aliphatic heterocycles. The fraction of sp³-hybridized carbons (Fsp3) is 0.714. The fourth-order valence-electron chi connectivity index (χ4n) is 0.206. The molecular formula is C7H12O2. The molecule has 0 saturated carbocycles. The maximum Gasteiger partial charge on any atom is 0.418 e. The van der Waals surface area contributed by atoms with E-state index >= 15 is 0 Å². The molecule has 0 atom stereocenters. The van der Waals surface area contributed by atoms with Crippen LogP contribution in [-0.4, -0.2) is 12.1 Å². The van der Waals surface area contributed by atoms with Gasteiger partial charge in [0.1, 0.15) is 5.60 Å². The van der Waals surface area contributed by atoms with E-state index in [2.05, 4.69) is 4.74 Å². The van der Waals surface area contributed by atoms with Crippen LogP contribution in [-0.2, 0) is 9.53 Å². The van der Waals surface area contributed by atoms with E-state index < -0.39 is 5.60 Å². The Hall–Kier alpha value is -0.530. The van der Waals surface area contributed by atoms with Crippen molar-refractivity contribution in [3.05, 3.63) is 5.92 Å². The van der Waals surface area contributed by atoms with Gasteiger partial charge in [0.25, 0.3) is 0 Å². The quantitative estimate of drug-likeness (QED) is 0.575. The average molecular weight is 128 g/mol. The van der Waals surface area contributed by atoms with Gasteiger partial charge in [-0.25, -0.2) is 4.79 Å². The Morgan fingerprint density at radius 3 is 2.00 bits per heavy atom.